The molecule has 0 saturated heterocycles. The molecule has 1 saturated carbocycles. The van der Waals surface area contributed by atoms with Crippen molar-refractivity contribution < 1.29 is 4.21 Å². The van der Waals surface area contributed by atoms with Gasteiger partial charge in [0, 0.05) is 23.0 Å². The topological polar surface area (TPSA) is 55.4 Å². The molecule has 0 radical (unpaired) electrons. The quantitative estimate of drug-likeness (QED) is 0.569. The fourth-order valence-electron chi connectivity index (χ4n) is 1.69. The number of hydrogen-bond acceptors (Lipinski definition) is 2. The zero-order valence-corrected chi connectivity index (χ0v) is 9.85. The maximum atomic E-state index is 11.1. The number of hydrogen-bond donors (Lipinski definition) is 1. The van der Waals surface area contributed by atoms with E-state index >= 15 is 0 Å². The lowest BCUT2D eigenvalue weighted by molar-refractivity contribution is 0.675. The second-order valence-electron chi connectivity index (χ2n) is 4.06. The smallest absolute Gasteiger partial charge is 0.0968 e. The molecule has 2 N–H and O–H groups in total. The van der Waals surface area contributed by atoms with Gasteiger partial charge in [0.05, 0.1) is 17.6 Å². The summed E-state index contributed by atoms with van der Waals surface area (Å²) in [5, 5.41) is 0.120. The van der Waals surface area contributed by atoms with Gasteiger partial charge in [-0.15, -0.1) is 0 Å². The fraction of sp³-hybridized carbons (Fsp3) is 0.900. The van der Waals surface area contributed by atoms with E-state index in [0.717, 1.165) is 5.84 Å². The Labute approximate surface area is 88.6 Å². The maximum Gasteiger partial charge on any atom is 0.0968 e. The second kappa shape index (κ2) is 5.49. The van der Waals surface area contributed by atoms with Gasteiger partial charge in [-0.2, -0.15) is 0 Å². The van der Waals surface area contributed by atoms with Gasteiger partial charge < -0.3 is 5.73 Å². The highest BCUT2D eigenvalue weighted by atomic mass is 32.2. The normalized spacial score (nSPS) is 23.7. The predicted octanol–water partition coefficient (Wildman–Crippen LogP) is 1.30. The van der Waals surface area contributed by atoms with Crippen molar-refractivity contribution in [2.45, 2.75) is 37.9 Å². The van der Waals surface area contributed by atoms with E-state index in [0.29, 0.717) is 12.5 Å². The first-order chi connectivity index (χ1) is 6.61. The van der Waals surface area contributed by atoms with Gasteiger partial charge in [0.15, 0.2) is 0 Å². The van der Waals surface area contributed by atoms with Crippen molar-refractivity contribution in [3.8, 4) is 0 Å². The zero-order valence-electron chi connectivity index (χ0n) is 9.03. The minimum atomic E-state index is -0.791. The largest absolute Gasteiger partial charge is 0.387 e. The Hall–Kier alpha value is -0.380. The third kappa shape index (κ3) is 3.40. The summed E-state index contributed by atoms with van der Waals surface area (Å²) in [6.45, 7) is 2.55. The minimum absolute atomic E-state index is 0.120. The summed E-state index contributed by atoms with van der Waals surface area (Å²) in [4.78, 5) is 4.33. The third-order valence-electron chi connectivity index (χ3n) is 2.87. The summed E-state index contributed by atoms with van der Waals surface area (Å²) in [7, 11) is -0.791. The highest BCUT2D eigenvalue weighted by molar-refractivity contribution is 7.84. The summed E-state index contributed by atoms with van der Waals surface area (Å²) in [6, 6.07) is 0. The van der Waals surface area contributed by atoms with Crippen molar-refractivity contribution in [3.63, 3.8) is 0 Å². The van der Waals surface area contributed by atoms with Gasteiger partial charge in [-0.05, 0) is 19.8 Å². The van der Waals surface area contributed by atoms with E-state index in [4.69, 9.17) is 5.73 Å². The molecular weight excluding hydrogens is 196 g/mol. The molecule has 0 aromatic heterocycles. The molecule has 14 heavy (non-hydrogen) atoms. The Morgan fingerprint density at radius 1 is 1.57 bits per heavy atom. The van der Waals surface area contributed by atoms with Crippen LogP contribution in [0.15, 0.2) is 4.99 Å². The average Bonchev–Trinajstić information content (AvgIpc) is 2.66. The SMILES string of the molecule is CC(CN=C(N)C1CCCC1)S(C)=O. The Kier molecular flexibility index (Phi) is 4.58. The summed E-state index contributed by atoms with van der Waals surface area (Å²) in [6.07, 6.45) is 6.62. The lowest BCUT2D eigenvalue weighted by atomic mass is 10.1. The van der Waals surface area contributed by atoms with E-state index in [1.165, 1.54) is 25.7 Å². The number of nitrogens with zero attached hydrogens (tertiary/aromatic N) is 1. The van der Waals surface area contributed by atoms with Crippen LogP contribution in [0.3, 0.4) is 0 Å². The number of rotatable bonds is 4. The van der Waals surface area contributed by atoms with Gasteiger partial charge in [-0.3, -0.25) is 9.20 Å². The van der Waals surface area contributed by atoms with Crippen LogP contribution in [0.4, 0.5) is 0 Å². The van der Waals surface area contributed by atoms with Crippen LogP contribution in [0.1, 0.15) is 32.6 Å². The standard InChI is InChI=1S/C10H20N2OS/c1-8(14(2)13)7-12-10(11)9-5-3-4-6-9/h8-9H,3-7H2,1-2H3,(H2,11,12). The Bertz CT molecular complexity index is 234. The van der Waals surface area contributed by atoms with Gasteiger partial charge >= 0.3 is 0 Å². The molecule has 0 bridgehead atoms. The van der Waals surface area contributed by atoms with Crippen LogP contribution in [-0.2, 0) is 10.8 Å². The van der Waals surface area contributed by atoms with Gasteiger partial charge in [0.2, 0.25) is 0 Å². The van der Waals surface area contributed by atoms with Crippen LogP contribution in [0, 0.1) is 5.92 Å². The van der Waals surface area contributed by atoms with E-state index in [2.05, 4.69) is 4.99 Å². The Balaban J connectivity index is 2.39. The maximum absolute atomic E-state index is 11.1. The molecule has 2 atom stereocenters. The molecule has 0 aromatic rings. The summed E-state index contributed by atoms with van der Waals surface area (Å²) in [5.41, 5.74) is 5.88. The van der Waals surface area contributed by atoms with E-state index in [-0.39, 0.29) is 5.25 Å². The van der Waals surface area contributed by atoms with Crippen molar-refractivity contribution in [2.75, 3.05) is 12.8 Å². The fourth-order valence-corrected chi connectivity index (χ4v) is 1.97. The van der Waals surface area contributed by atoms with Gasteiger partial charge in [-0.1, -0.05) is 12.8 Å². The molecule has 1 rings (SSSR count). The third-order valence-corrected chi connectivity index (χ3v) is 4.15. The molecule has 0 spiro atoms. The highest BCUT2D eigenvalue weighted by Gasteiger charge is 2.18. The van der Waals surface area contributed by atoms with Crippen molar-refractivity contribution in [1.82, 2.24) is 0 Å². The number of amidine groups is 1. The van der Waals surface area contributed by atoms with Crippen LogP contribution in [0.2, 0.25) is 0 Å². The average molecular weight is 216 g/mol. The molecule has 3 nitrogen and oxygen atoms in total. The van der Waals surface area contributed by atoms with Crippen LogP contribution < -0.4 is 5.73 Å². The predicted molar refractivity (Wildman–Crippen MR) is 62.0 cm³/mol. The summed E-state index contributed by atoms with van der Waals surface area (Å²) >= 11 is 0. The van der Waals surface area contributed by atoms with E-state index in [1.54, 1.807) is 6.26 Å². The van der Waals surface area contributed by atoms with Crippen LogP contribution >= 0.6 is 0 Å². The molecule has 1 aliphatic rings. The van der Waals surface area contributed by atoms with Crippen molar-refractivity contribution >= 4 is 16.6 Å². The molecule has 0 heterocycles. The first-order valence-electron chi connectivity index (χ1n) is 5.23. The van der Waals surface area contributed by atoms with Gasteiger partial charge in [-0.25, -0.2) is 0 Å². The van der Waals surface area contributed by atoms with E-state index < -0.39 is 10.8 Å². The molecule has 82 valence electrons. The van der Waals surface area contributed by atoms with Crippen molar-refractivity contribution in [2.24, 2.45) is 16.6 Å². The van der Waals surface area contributed by atoms with Crippen LogP contribution in [0.5, 0.6) is 0 Å². The van der Waals surface area contributed by atoms with Gasteiger partial charge in [0.25, 0.3) is 0 Å². The first kappa shape index (κ1) is 11.7. The number of aliphatic imine (C=N–C) groups is 1. The molecular formula is C10H20N2OS. The molecule has 0 aromatic carbocycles. The zero-order chi connectivity index (χ0) is 10.6. The molecule has 1 fully saturated rings. The number of nitrogens with two attached hydrogens (primary N) is 1. The highest BCUT2D eigenvalue weighted by Crippen LogP contribution is 2.24. The Morgan fingerprint density at radius 2 is 2.14 bits per heavy atom. The summed E-state index contributed by atoms with van der Waals surface area (Å²) < 4.78 is 11.1. The monoisotopic (exact) mass is 216 g/mol. The summed E-state index contributed by atoms with van der Waals surface area (Å²) in [5.74, 6) is 1.27. The van der Waals surface area contributed by atoms with Crippen molar-refractivity contribution in [3.05, 3.63) is 0 Å². The molecule has 1 aliphatic carbocycles. The molecule has 0 amide bonds. The van der Waals surface area contributed by atoms with Crippen LogP contribution in [0.25, 0.3) is 0 Å². The van der Waals surface area contributed by atoms with E-state index in [9.17, 15) is 4.21 Å². The first-order valence-corrected chi connectivity index (χ1v) is 6.85. The van der Waals surface area contributed by atoms with Gasteiger partial charge in [0.1, 0.15) is 0 Å². The molecule has 2 unspecified atom stereocenters. The second-order valence-corrected chi connectivity index (χ2v) is 5.86. The lowest BCUT2D eigenvalue weighted by Gasteiger charge is -2.10. The lowest BCUT2D eigenvalue weighted by Crippen LogP contribution is -2.24. The Morgan fingerprint density at radius 3 is 2.64 bits per heavy atom. The molecule has 0 aliphatic heterocycles. The van der Waals surface area contributed by atoms with Crippen LogP contribution in [-0.4, -0.2) is 28.1 Å². The van der Waals surface area contributed by atoms with E-state index in [1.807, 2.05) is 6.92 Å². The minimum Gasteiger partial charge on any atom is -0.387 e. The molecule has 4 heteroatoms. The van der Waals surface area contributed by atoms with Crippen molar-refractivity contribution in [1.29, 1.82) is 0 Å².